The van der Waals surface area contributed by atoms with Crippen molar-refractivity contribution < 1.29 is 9.59 Å². The minimum atomic E-state index is -0.253. The highest BCUT2D eigenvalue weighted by atomic mass is 16.2. The van der Waals surface area contributed by atoms with E-state index >= 15 is 0 Å². The molecule has 0 aliphatic carbocycles. The monoisotopic (exact) mass is 343 g/mol. The summed E-state index contributed by atoms with van der Waals surface area (Å²) in [5, 5.41) is 14.6. The third-order valence-corrected chi connectivity index (χ3v) is 4.31. The van der Waals surface area contributed by atoms with Gasteiger partial charge in [0.05, 0.1) is 11.6 Å². The molecule has 134 valence electrons. The molecule has 0 saturated carbocycles. The number of hydrogen-bond acceptors (Lipinski definition) is 4. The zero-order chi connectivity index (χ0) is 18.2. The first kappa shape index (κ1) is 18.7. The summed E-state index contributed by atoms with van der Waals surface area (Å²) in [6, 6.07) is 8.75. The molecule has 0 radical (unpaired) electrons. The van der Waals surface area contributed by atoms with Crippen LogP contribution in [0.3, 0.4) is 0 Å². The average molecular weight is 343 g/mol. The second kappa shape index (κ2) is 9.04. The lowest BCUT2D eigenvalue weighted by molar-refractivity contribution is -0.129. The molecule has 0 aromatic heterocycles. The largest absolute Gasteiger partial charge is 0.349 e. The van der Waals surface area contributed by atoms with Crippen LogP contribution in [-0.2, 0) is 4.79 Å². The number of piperidine rings is 1. The van der Waals surface area contributed by atoms with E-state index in [4.69, 9.17) is 5.26 Å². The lowest BCUT2D eigenvalue weighted by Gasteiger charge is -2.32. The van der Waals surface area contributed by atoms with Crippen LogP contribution in [0.1, 0.15) is 24.8 Å². The van der Waals surface area contributed by atoms with Gasteiger partial charge in [-0.1, -0.05) is 6.07 Å². The lowest BCUT2D eigenvalue weighted by atomic mass is 10.1. The van der Waals surface area contributed by atoms with Crippen LogP contribution < -0.4 is 10.6 Å². The van der Waals surface area contributed by atoms with Crippen molar-refractivity contribution in [1.82, 2.24) is 15.1 Å². The van der Waals surface area contributed by atoms with Gasteiger partial charge >= 0.3 is 6.03 Å². The number of nitrogens with one attached hydrogen (secondary N) is 2. The fourth-order valence-electron chi connectivity index (χ4n) is 2.80. The number of benzene rings is 1. The van der Waals surface area contributed by atoms with Gasteiger partial charge in [-0.2, -0.15) is 5.26 Å². The summed E-state index contributed by atoms with van der Waals surface area (Å²) < 4.78 is 0. The van der Waals surface area contributed by atoms with E-state index in [-0.39, 0.29) is 18.0 Å². The standard InChI is InChI=1S/C18H25N5O2/c1-22(2)17(24)8-11-23-9-6-15(7-10-23)20-18(25)21-16-5-3-4-14(12-16)13-19/h3-5,12,15H,6-11H2,1-2H3,(H2,20,21,25). The maximum atomic E-state index is 12.1. The van der Waals surface area contributed by atoms with Crippen LogP contribution in [0.2, 0.25) is 0 Å². The topological polar surface area (TPSA) is 88.5 Å². The Labute approximate surface area is 148 Å². The van der Waals surface area contributed by atoms with Gasteiger partial charge in [0.1, 0.15) is 0 Å². The molecule has 1 aliphatic heterocycles. The Morgan fingerprint density at radius 2 is 2.04 bits per heavy atom. The fraction of sp³-hybridized carbons (Fsp3) is 0.500. The molecule has 7 heteroatoms. The summed E-state index contributed by atoms with van der Waals surface area (Å²) in [4.78, 5) is 27.6. The maximum absolute atomic E-state index is 12.1. The maximum Gasteiger partial charge on any atom is 0.319 e. The number of urea groups is 1. The SMILES string of the molecule is CN(C)C(=O)CCN1CCC(NC(=O)Nc2cccc(C#N)c2)CC1. The van der Waals surface area contributed by atoms with Crippen molar-refractivity contribution in [2.45, 2.75) is 25.3 Å². The Morgan fingerprint density at radius 1 is 1.32 bits per heavy atom. The van der Waals surface area contributed by atoms with Crippen LogP contribution in [0.4, 0.5) is 10.5 Å². The Hall–Kier alpha value is -2.59. The molecule has 7 nitrogen and oxygen atoms in total. The Bertz CT molecular complexity index is 645. The van der Waals surface area contributed by atoms with E-state index in [0.717, 1.165) is 32.5 Å². The van der Waals surface area contributed by atoms with Crippen LogP contribution >= 0.6 is 0 Å². The van der Waals surface area contributed by atoms with E-state index in [0.29, 0.717) is 17.7 Å². The van der Waals surface area contributed by atoms with Gasteiger partial charge in [0, 0.05) is 51.9 Å². The molecule has 0 spiro atoms. The van der Waals surface area contributed by atoms with Gasteiger partial charge in [-0.15, -0.1) is 0 Å². The average Bonchev–Trinajstić information content (AvgIpc) is 2.60. The van der Waals surface area contributed by atoms with Gasteiger partial charge in [-0.25, -0.2) is 4.79 Å². The number of anilines is 1. The van der Waals surface area contributed by atoms with Crippen molar-refractivity contribution in [2.24, 2.45) is 0 Å². The van der Waals surface area contributed by atoms with Crippen LogP contribution in [-0.4, -0.2) is 61.5 Å². The van der Waals surface area contributed by atoms with E-state index in [1.165, 1.54) is 0 Å². The number of nitriles is 1. The van der Waals surface area contributed by atoms with Crippen molar-refractivity contribution in [1.29, 1.82) is 5.26 Å². The van der Waals surface area contributed by atoms with Gasteiger partial charge in [-0.05, 0) is 31.0 Å². The number of likely N-dealkylation sites (tertiary alicyclic amines) is 1. The summed E-state index contributed by atoms with van der Waals surface area (Å²) in [7, 11) is 3.53. The molecule has 0 unspecified atom stereocenters. The summed E-state index contributed by atoms with van der Waals surface area (Å²) in [5.74, 6) is 0.138. The quantitative estimate of drug-likeness (QED) is 0.850. The highest BCUT2D eigenvalue weighted by Gasteiger charge is 2.21. The van der Waals surface area contributed by atoms with E-state index in [2.05, 4.69) is 15.5 Å². The van der Waals surface area contributed by atoms with Gasteiger partial charge in [0.25, 0.3) is 0 Å². The van der Waals surface area contributed by atoms with Crippen LogP contribution in [0, 0.1) is 11.3 Å². The second-order valence-corrected chi connectivity index (χ2v) is 6.45. The van der Waals surface area contributed by atoms with Crippen LogP contribution in [0.15, 0.2) is 24.3 Å². The number of nitrogens with zero attached hydrogens (tertiary/aromatic N) is 3. The minimum absolute atomic E-state index is 0.125. The lowest BCUT2D eigenvalue weighted by Crippen LogP contribution is -2.46. The predicted octanol–water partition coefficient (Wildman–Crippen LogP) is 1.62. The zero-order valence-electron chi connectivity index (χ0n) is 14.8. The molecule has 2 rings (SSSR count). The van der Waals surface area contributed by atoms with Gasteiger partial charge in [-0.3, -0.25) is 4.79 Å². The smallest absolute Gasteiger partial charge is 0.319 e. The van der Waals surface area contributed by atoms with Crippen molar-refractivity contribution in [3.63, 3.8) is 0 Å². The zero-order valence-corrected chi connectivity index (χ0v) is 14.8. The summed E-state index contributed by atoms with van der Waals surface area (Å²) in [6.45, 7) is 2.50. The highest BCUT2D eigenvalue weighted by Crippen LogP contribution is 2.13. The Kier molecular flexibility index (Phi) is 6.78. The van der Waals surface area contributed by atoms with Crippen LogP contribution in [0.5, 0.6) is 0 Å². The van der Waals surface area contributed by atoms with Gasteiger partial charge in [0.15, 0.2) is 0 Å². The first-order chi connectivity index (χ1) is 12.0. The van der Waals surface area contributed by atoms with E-state index < -0.39 is 0 Å². The number of amides is 3. The summed E-state index contributed by atoms with van der Waals surface area (Å²) in [6.07, 6.45) is 2.25. The number of hydrogen-bond donors (Lipinski definition) is 2. The Morgan fingerprint density at radius 3 is 2.68 bits per heavy atom. The molecule has 25 heavy (non-hydrogen) atoms. The molecule has 1 aliphatic rings. The van der Waals surface area contributed by atoms with E-state index in [1.807, 2.05) is 6.07 Å². The third-order valence-electron chi connectivity index (χ3n) is 4.31. The number of rotatable bonds is 5. The highest BCUT2D eigenvalue weighted by molar-refractivity contribution is 5.89. The number of carbonyl (C=O) groups excluding carboxylic acids is 2. The molecule has 0 bridgehead atoms. The van der Waals surface area contributed by atoms with Crippen molar-refractivity contribution in [3.8, 4) is 6.07 Å². The normalized spacial score (nSPS) is 15.2. The molecule has 1 aromatic rings. The molecule has 1 fully saturated rings. The summed E-state index contributed by atoms with van der Waals surface area (Å²) >= 11 is 0. The molecule has 2 N–H and O–H groups in total. The molecule has 1 saturated heterocycles. The molecule has 1 aromatic carbocycles. The first-order valence-electron chi connectivity index (χ1n) is 8.48. The van der Waals surface area contributed by atoms with E-state index in [1.54, 1.807) is 43.3 Å². The van der Waals surface area contributed by atoms with Crippen molar-refractivity contribution in [2.75, 3.05) is 39.0 Å². The first-order valence-corrected chi connectivity index (χ1v) is 8.48. The summed E-state index contributed by atoms with van der Waals surface area (Å²) in [5.41, 5.74) is 1.12. The second-order valence-electron chi connectivity index (χ2n) is 6.45. The molecular formula is C18H25N5O2. The fourth-order valence-corrected chi connectivity index (χ4v) is 2.80. The van der Waals surface area contributed by atoms with Crippen LogP contribution in [0.25, 0.3) is 0 Å². The molecule has 0 atom stereocenters. The van der Waals surface area contributed by atoms with Crippen molar-refractivity contribution >= 4 is 17.6 Å². The minimum Gasteiger partial charge on any atom is -0.349 e. The Balaban J connectivity index is 1.71. The number of carbonyl (C=O) groups is 2. The van der Waals surface area contributed by atoms with Gasteiger partial charge < -0.3 is 20.4 Å². The van der Waals surface area contributed by atoms with Gasteiger partial charge in [0.2, 0.25) is 5.91 Å². The van der Waals surface area contributed by atoms with E-state index in [9.17, 15) is 9.59 Å². The predicted molar refractivity (Wildman–Crippen MR) is 96.1 cm³/mol. The van der Waals surface area contributed by atoms with Crippen molar-refractivity contribution in [3.05, 3.63) is 29.8 Å². The third kappa shape index (κ3) is 6.08. The molecule has 1 heterocycles. The molecule has 3 amide bonds. The molecular weight excluding hydrogens is 318 g/mol.